The van der Waals surface area contributed by atoms with Crippen molar-refractivity contribution in [2.24, 2.45) is 20.5 Å². The Kier molecular flexibility index (Phi) is 8.31. The number of nitrogens with zero attached hydrogens (tertiary/aromatic N) is 4. The summed E-state index contributed by atoms with van der Waals surface area (Å²) in [5, 5.41) is 21.3. The van der Waals surface area contributed by atoms with Gasteiger partial charge in [-0.25, -0.2) is 0 Å². The Bertz CT molecular complexity index is 2290. The minimum atomic E-state index is -4.57. The Morgan fingerprint density at radius 3 is 2.16 bits per heavy atom. The fraction of sp³-hybridized carbons (Fsp3) is 0.0690. The van der Waals surface area contributed by atoms with Crippen LogP contribution in [0.4, 0.5) is 34.1 Å². The summed E-state index contributed by atoms with van der Waals surface area (Å²) in [5.41, 5.74) is 7.44. The average Bonchev–Trinajstić information content (AvgIpc) is 2.98. The molecule has 1 amide bonds. The van der Waals surface area contributed by atoms with Gasteiger partial charge in [0.25, 0.3) is 20.2 Å². The number of hydrogen-bond acceptors (Lipinski definition) is 11. The number of anilines is 2. The molecule has 0 radical (unpaired) electrons. The number of rotatable bonds is 8. The molecule has 230 valence electrons. The van der Waals surface area contributed by atoms with E-state index in [2.05, 4.69) is 25.8 Å². The number of benzene rings is 5. The number of hydrogen-bond donors (Lipinski definition) is 4. The van der Waals surface area contributed by atoms with E-state index in [1.165, 1.54) is 68.6 Å². The molecule has 0 bridgehead atoms. The Hall–Kier alpha value is -5.29. The van der Waals surface area contributed by atoms with Gasteiger partial charge in [0.2, 0.25) is 5.91 Å². The van der Waals surface area contributed by atoms with Crippen molar-refractivity contribution in [1.29, 1.82) is 0 Å². The molecule has 0 spiro atoms. The number of carbonyl (C=O) groups excluding carboxylic acids is 1. The molecule has 14 nitrogen and oxygen atoms in total. The Morgan fingerprint density at radius 2 is 1.47 bits per heavy atom. The maximum Gasteiger partial charge on any atom is 0.295 e. The van der Waals surface area contributed by atoms with Crippen LogP contribution in [-0.4, -0.2) is 39.0 Å². The van der Waals surface area contributed by atoms with E-state index in [1.54, 1.807) is 24.3 Å². The number of fused-ring (bicyclic) bond motifs is 2. The van der Waals surface area contributed by atoms with Crippen molar-refractivity contribution in [1.82, 2.24) is 0 Å². The lowest BCUT2D eigenvalue weighted by Gasteiger charge is -2.11. The van der Waals surface area contributed by atoms with Crippen LogP contribution in [-0.2, 0) is 25.0 Å². The van der Waals surface area contributed by atoms with E-state index < -0.39 is 26.1 Å². The molecule has 5 rings (SSSR count). The van der Waals surface area contributed by atoms with Gasteiger partial charge >= 0.3 is 0 Å². The molecule has 0 unspecified atom stereocenters. The highest BCUT2D eigenvalue weighted by Gasteiger charge is 2.18. The van der Waals surface area contributed by atoms with Crippen LogP contribution >= 0.6 is 0 Å². The molecule has 5 aromatic rings. The fourth-order valence-electron chi connectivity index (χ4n) is 4.51. The molecule has 0 aromatic heterocycles. The molecular formula is C29H24N6O8S2. The monoisotopic (exact) mass is 648 g/mol. The highest BCUT2D eigenvalue weighted by molar-refractivity contribution is 7.86. The molecule has 5 N–H and O–H groups in total. The van der Waals surface area contributed by atoms with Crippen molar-refractivity contribution in [3.8, 4) is 5.75 Å². The van der Waals surface area contributed by atoms with E-state index >= 15 is 0 Å². The van der Waals surface area contributed by atoms with Crippen LogP contribution < -0.4 is 15.8 Å². The van der Waals surface area contributed by atoms with Crippen LogP contribution in [0.25, 0.3) is 21.5 Å². The number of nitrogens with two attached hydrogens (primary N) is 1. The Labute approximate surface area is 256 Å². The number of amides is 1. The minimum absolute atomic E-state index is 0.0886. The molecule has 0 aliphatic carbocycles. The van der Waals surface area contributed by atoms with Crippen molar-refractivity contribution < 1.29 is 35.5 Å². The van der Waals surface area contributed by atoms with Gasteiger partial charge in [-0.2, -0.15) is 21.9 Å². The van der Waals surface area contributed by atoms with E-state index in [4.69, 9.17) is 10.5 Å². The van der Waals surface area contributed by atoms with E-state index in [-0.39, 0.29) is 49.4 Å². The average molecular weight is 649 g/mol. The van der Waals surface area contributed by atoms with Gasteiger partial charge < -0.3 is 15.8 Å². The Balaban J connectivity index is 1.53. The molecule has 0 saturated heterocycles. The summed E-state index contributed by atoms with van der Waals surface area (Å²) in [5.74, 6) is -0.182. The molecule has 16 heteroatoms. The summed E-state index contributed by atoms with van der Waals surface area (Å²) in [4.78, 5) is 11.4. The number of ether oxygens (including phenoxy) is 1. The van der Waals surface area contributed by atoms with Crippen molar-refractivity contribution in [3.05, 3.63) is 78.9 Å². The number of carbonyl (C=O) groups is 1. The van der Waals surface area contributed by atoms with Crippen LogP contribution in [0.15, 0.2) is 109 Å². The summed E-state index contributed by atoms with van der Waals surface area (Å²) in [7, 11) is -7.53. The molecule has 45 heavy (non-hydrogen) atoms. The number of nitrogen functional groups attached to an aromatic ring is 1. The lowest BCUT2D eigenvalue weighted by molar-refractivity contribution is -0.114. The molecule has 0 heterocycles. The normalized spacial score (nSPS) is 12.4. The lowest BCUT2D eigenvalue weighted by Crippen LogP contribution is -2.05. The lowest BCUT2D eigenvalue weighted by atomic mass is 10.1. The minimum Gasteiger partial charge on any atom is -0.494 e. The van der Waals surface area contributed by atoms with E-state index in [0.717, 1.165) is 0 Å². The summed E-state index contributed by atoms with van der Waals surface area (Å²) in [6, 6.07) is 19.2. The molecule has 5 aromatic carbocycles. The third kappa shape index (κ3) is 6.78. The molecule has 0 aliphatic heterocycles. The zero-order chi connectivity index (χ0) is 32.5. The zero-order valence-electron chi connectivity index (χ0n) is 23.5. The van der Waals surface area contributed by atoms with Gasteiger partial charge in [0.15, 0.2) is 0 Å². The predicted octanol–water partition coefficient (Wildman–Crippen LogP) is 6.87. The third-order valence-electron chi connectivity index (χ3n) is 6.53. The van der Waals surface area contributed by atoms with Gasteiger partial charge in [0.05, 0.1) is 29.1 Å². The van der Waals surface area contributed by atoms with Gasteiger partial charge in [-0.05, 0) is 59.3 Å². The SMILES string of the molecule is COc1cc(N=Nc2ccc3cc(S(=O)(=O)O)ccc3c2)c(NC(C)=O)cc1N=Nc1ccc(N)c2c(S(=O)(=O)O)cccc12. The predicted molar refractivity (Wildman–Crippen MR) is 168 cm³/mol. The third-order valence-corrected chi connectivity index (χ3v) is 8.27. The second-order valence-electron chi connectivity index (χ2n) is 9.62. The maximum absolute atomic E-state index is 12.0. The number of methoxy groups -OCH3 is 1. The summed E-state index contributed by atoms with van der Waals surface area (Å²) in [6.07, 6.45) is 0. The first-order valence-electron chi connectivity index (χ1n) is 12.9. The van der Waals surface area contributed by atoms with Crippen molar-refractivity contribution >= 4 is 81.8 Å². The van der Waals surface area contributed by atoms with Gasteiger partial charge in [-0.15, -0.1) is 15.3 Å². The van der Waals surface area contributed by atoms with Gasteiger partial charge in [-0.1, -0.05) is 24.3 Å². The van der Waals surface area contributed by atoms with Crippen LogP contribution in [0.5, 0.6) is 5.75 Å². The van der Waals surface area contributed by atoms with Crippen molar-refractivity contribution in [2.75, 3.05) is 18.2 Å². The summed E-state index contributed by atoms with van der Waals surface area (Å²) >= 11 is 0. The first kappa shape index (κ1) is 31.1. The van der Waals surface area contributed by atoms with Crippen LogP contribution in [0.3, 0.4) is 0 Å². The highest BCUT2D eigenvalue weighted by Crippen LogP contribution is 2.41. The summed E-state index contributed by atoms with van der Waals surface area (Å²) in [6.45, 7) is 1.31. The maximum atomic E-state index is 12.0. The first-order valence-corrected chi connectivity index (χ1v) is 15.8. The zero-order valence-corrected chi connectivity index (χ0v) is 25.2. The van der Waals surface area contributed by atoms with Crippen molar-refractivity contribution in [2.45, 2.75) is 16.7 Å². The van der Waals surface area contributed by atoms with Gasteiger partial charge in [-0.3, -0.25) is 13.9 Å². The molecule has 0 atom stereocenters. The van der Waals surface area contributed by atoms with E-state index in [0.29, 0.717) is 21.8 Å². The molecule has 0 saturated carbocycles. The Morgan fingerprint density at radius 1 is 0.778 bits per heavy atom. The van der Waals surface area contributed by atoms with E-state index in [1.807, 2.05) is 0 Å². The van der Waals surface area contributed by atoms with Crippen LogP contribution in [0.2, 0.25) is 0 Å². The second kappa shape index (κ2) is 12.0. The highest BCUT2D eigenvalue weighted by atomic mass is 32.2. The van der Waals surface area contributed by atoms with Gasteiger partial charge in [0.1, 0.15) is 22.0 Å². The van der Waals surface area contributed by atoms with Gasteiger partial charge in [0, 0.05) is 29.4 Å². The largest absolute Gasteiger partial charge is 0.494 e. The van der Waals surface area contributed by atoms with E-state index in [9.17, 15) is 30.7 Å². The number of nitrogens with one attached hydrogen (secondary N) is 1. The quantitative estimate of drug-likeness (QED) is 0.0781. The standard InChI is InChI=1S/C29H24N6O8S2/c1-16(36)31-24-14-26(35-33-23-11-10-22(30)29-21(23)4-3-5-28(29)45(40,41)42)27(43-2)15-25(24)34-32-19-8-6-18-13-20(44(37,38)39)9-7-17(18)12-19/h3-15H,30H2,1-2H3,(H,31,36)(H,37,38,39)(H,40,41,42). The fourth-order valence-corrected chi connectivity index (χ4v) is 5.76. The molecule has 0 aliphatic rings. The summed E-state index contributed by atoms with van der Waals surface area (Å²) < 4.78 is 71.2. The van der Waals surface area contributed by atoms with Crippen LogP contribution in [0, 0.1) is 0 Å². The number of azo groups is 2. The topological polar surface area (TPSA) is 223 Å². The van der Waals surface area contributed by atoms with Crippen LogP contribution in [0.1, 0.15) is 6.92 Å². The van der Waals surface area contributed by atoms with Crippen molar-refractivity contribution in [3.63, 3.8) is 0 Å². The first-order chi connectivity index (χ1) is 21.2. The smallest absolute Gasteiger partial charge is 0.295 e. The molecule has 0 fully saturated rings. The molecular weight excluding hydrogens is 624 g/mol. The second-order valence-corrected chi connectivity index (χ2v) is 12.4.